The first-order valence-corrected chi connectivity index (χ1v) is 8.43. The van der Waals surface area contributed by atoms with Crippen LogP contribution in [0.25, 0.3) is 0 Å². The number of ether oxygens (including phenoxy) is 2. The van der Waals surface area contributed by atoms with E-state index in [0.717, 1.165) is 12.1 Å². The van der Waals surface area contributed by atoms with Crippen LogP contribution in [0.1, 0.15) is 25.0 Å². The highest BCUT2D eigenvalue weighted by atomic mass is 19.1. The summed E-state index contributed by atoms with van der Waals surface area (Å²) in [5.74, 6) is -2.62. The molecule has 0 atom stereocenters. The fraction of sp³-hybridized carbons (Fsp3) is 0.250. The van der Waals surface area contributed by atoms with E-state index in [9.17, 15) is 19.1 Å². The van der Waals surface area contributed by atoms with Gasteiger partial charge in [0.25, 0.3) is 0 Å². The Morgan fingerprint density at radius 3 is 2.19 bits per heavy atom. The Morgan fingerprint density at radius 1 is 1.04 bits per heavy atom. The molecule has 27 heavy (non-hydrogen) atoms. The molecule has 2 rings (SSSR count). The second kappa shape index (κ2) is 9.47. The minimum atomic E-state index is -1.59. The molecule has 0 radical (unpaired) electrons. The molecular weight excluding hydrogens is 353 g/mol. The van der Waals surface area contributed by atoms with Crippen LogP contribution in [0.2, 0.25) is 0 Å². The fourth-order valence-electron chi connectivity index (χ4n) is 2.37. The Labute approximate surface area is 156 Å². The van der Waals surface area contributed by atoms with Crippen molar-refractivity contribution in [3.05, 3.63) is 65.5 Å². The van der Waals surface area contributed by atoms with Gasteiger partial charge in [0.05, 0.1) is 18.9 Å². The molecular formula is C20H20FNO5. The molecule has 0 aliphatic carbocycles. The van der Waals surface area contributed by atoms with E-state index in [4.69, 9.17) is 9.47 Å². The number of aromatic hydroxyl groups is 1. The van der Waals surface area contributed by atoms with Gasteiger partial charge in [0, 0.05) is 11.1 Å². The third-order valence-electron chi connectivity index (χ3n) is 3.54. The zero-order valence-corrected chi connectivity index (χ0v) is 15.0. The van der Waals surface area contributed by atoms with Crippen LogP contribution in [0.4, 0.5) is 4.39 Å². The molecule has 0 aromatic heterocycles. The minimum Gasteiger partial charge on any atom is -0.507 e. The number of nitrogens with zero attached hydrogens (tertiary/aromatic N) is 1. The number of rotatable bonds is 7. The van der Waals surface area contributed by atoms with Crippen molar-refractivity contribution in [3.8, 4) is 5.75 Å². The largest absolute Gasteiger partial charge is 0.507 e. The lowest BCUT2D eigenvalue weighted by Gasteiger charge is -2.15. The summed E-state index contributed by atoms with van der Waals surface area (Å²) in [5, 5.41) is 10.2. The second-order valence-electron chi connectivity index (χ2n) is 5.41. The van der Waals surface area contributed by atoms with Gasteiger partial charge in [-0.3, -0.25) is 4.99 Å². The first-order valence-electron chi connectivity index (χ1n) is 8.43. The van der Waals surface area contributed by atoms with Crippen LogP contribution in [-0.4, -0.2) is 42.0 Å². The zero-order chi connectivity index (χ0) is 19.8. The van der Waals surface area contributed by atoms with Gasteiger partial charge >= 0.3 is 11.9 Å². The third-order valence-corrected chi connectivity index (χ3v) is 3.54. The molecule has 0 spiro atoms. The number of phenols is 1. The molecule has 7 heteroatoms. The topological polar surface area (TPSA) is 85.2 Å². The summed E-state index contributed by atoms with van der Waals surface area (Å²) in [6.07, 6.45) is 0. The zero-order valence-electron chi connectivity index (χ0n) is 15.0. The summed E-state index contributed by atoms with van der Waals surface area (Å²) < 4.78 is 23.6. The molecule has 0 heterocycles. The number of hydrogen-bond donors (Lipinski definition) is 1. The summed E-state index contributed by atoms with van der Waals surface area (Å²) in [5.41, 5.74) is 0.593. The SMILES string of the molecule is CCOC(=O)C(N=C(c1ccccc1)c1cc(F)ccc1O)C(=O)OCC. The average Bonchev–Trinajstić information content (AvgIpc) is 2.66. The van der Waals surface area contributed by atoms with Crippen molar-refractivity contribution in [1.29, 1.82) is 0 Å². The molecule has 0 saturated carbocycles. The van der Waals surface area contributed by atoms with Crippen LogP contribution in [0.3, 0.4) is 0 Å². The Kier molecular flexibility index (Phi) is 7.05. The van der Waals surface area contributed by atoms with E-state index in [1.807, 2.05) is 0 Å². The number of esters is 2. The highest BCUT2D eigenvalue weighted by Gasteiger charge is 2.30. The molecule has 0 aliphatic rings. The van der Waals surface area contributed by atoms with E-state index in [1.165, 1.54) is 6.07 Å². The number of aliphatic imine (C=N–C) groups is 1. The molecule has 1 N–H and O–H groups in total. The van der Waals surface area contributed by atoms with Gasteiger partial charge in [-0.15, -0.1) is 0 Å². The number of benzene rings is 2. The molecule has 2 aromatic carbocycles. The molecule has 0 aliphatic heterocycles. The Bertz CT molecular complexity index is 818. The highest BCUT2D eigenvalue weighted by Crippen LogP contribution is 2.23. The number of phenolic OH excluding ortho intramolecular Hbond substituents is 1. The van der Waals surface area contributed by atoms with E-state index < -0.39 is 23.8 Å². The molecule has 0 bridgehead atoms. The van der Waals surface area contributed by atoms with E-state index in [0.29, 0.717) is 5.56 Å². The van der Waals surface area contributed by atoms with Gasteiger partial charge in [0.15, 0.2) is 0 Å². The molecule has 0 saturated heterocycles. The summed E-state index contributed by atoms with van der Waals surface area (Å²) in [4.78, 5) is 28.7. The highest BCUT2D eigenvalue weighted by molar-refractivity contribution is 6.16. The maximum atomic E-state index is 13.8. The van der Waals surface area contributed by atoms with Crippen molar-refractivity contribution < 1.29 is 28.6 Å². The lowest BCUT2D eigenvalue weighted by Crippen LogP contribution is -2.33. The van der Waals surface area contributed by atoms with Crippen molar-refractivity contribution in [2.75, 3.05) is 13.2 Å². The maximum absolute atomic E-state index is 13.8. The Hall–Kier alpha value is -3.22. The van der Waals surface area contributed by atoms with E-state index >= 15 is 0 Å². The summed E-state index contributed by atoms with van der Waals surface area (Å²) in [6, 6.07) is 10.3. The lowest BCUT2D eigenvalue weighted by atomic mass is 10.0. The second-order valence-corrected chi connectivity index (χ2v) is 5.41. The van der Waals surface area contributed by atoms with Crippen LogP contribution in [-0.2, 0) is 19.1 Å². The van der Waals surface area contributed by atoms with Gasteiger partial charge in [0.2, 0.25) is 6.04 Å². The van der Waals surface area contributed by atoms with Crippen LogP contribution in [0, 0.1) is 5.82 Å². The first kappa shape index (κ1) is 20.1. The van der Waals surface area contributed by atoms with Gasteiger partial charge in [0.1, 0.15) is 11.6 Å². The molecule has 0 fully saturated rings. The smallest absolute Gasteiger partial charge is 0.342 e. The standard InChI is InChI=1S/C20H20FNO5/c1-3-26-19(24)18(20(25)27-4-2)22-17(13-8-6-5-7-9-13)15-12-14(21)10-11-16(15)23/h5-12,18,23H,3-4H2,1-2H3. The van der Waals surface area contributed by atoms with Crippen LogP contribution in [0.5, 0.6) is 5.75 Å². The van der Waals surface area contributed by atoms with Gasteiger partial charge in [-0.25, -0.2) is 14.0 Å². The van der Waals surface area contributed by atoms with Gasteiger partial charge in [-0.1, -0.05) is 30.3 Å². The molecule has 2 aromatic rings. The number of hydrogen-bond acceptors (Lipinski definition) is 6. The van der Waals surface area contributed by atoms with Gasteiger partial charge in [-0.05, 0) is 32.0 Å². The minimum absolute atomic E-state index is 0.0415. The molecule has 142 valence electrons. The third kappa shape index (κ3) is 5.13. The molecule has 6 nitrogen and oxygen atoms in total. The molecule has 0 amide bonds. The number of carbonyl (C=O) groups is 2. The predicted molar refractivity (Wildman–Crippen MR) is 97.2 cm³/mol. The molecule has 0 unspecified atom stereocenters. The van der Waals surface area contributed by atoms with Crippen molar-refractivity contribution in [2.24, 2.45) is 4.99 Å². The van der Waals surface area contributed by atoms with E-state index in [1.54, 1.807) is 44.2 Å². The fourth-order valence-corrected chi connectivity index (χ4v) is 2.37. The van der Waals surface area contributed by atoms with Gasteiger partial charge in [-0.2, -0.15) is 0 Å². The number of carbonyl (C=O) groups excluding carboxylic acids is 2. The monoisotopic (exact) mass is 373 g/mol. The van der Waals surface area contributed by atoms with Crippen molar-refractivity contribution in [2.45, 2.75) is 19.9 Å². The average molecular weight is 373 g/mol. The van der Waals surface area contributed by atoms with Crippen molar-refractivity contribution in [1.82, 2.24) is 0 Å². The summed E-state index contributed by atoms with van der Waals surface area (Å²) >= 11 is 0. The predicted octanol–water partition coefficient (Wildman–Crippen LogP) is 2.86. The first-order chi connectivity index (χ1) is 13.0. The Morgan fingerprint density at radius 2 is 1.63 bits per heavy atom. The number of halogens is 1. The van der Waals surface area contributed by atoms with E-state index in [2.05, 4.69) is 4.99 Å². The van der Waals surface area contributed by atoms with Gasteiger partial charge < -0.3 is 14.6 Å². The normalized spacial score (nSPS) is 11.3. The summed E-state index contributed by atoms with van der Waals surface area (Å²) in [6.45, 7) is 3.30. The van der Waals surface area contributed by atoms with E-state index in [-0.39, 0.29) is 30.2 Å². The van der Waals surface area contributed by atoms with Crippen LogP contribution < -0.4 is 0 Å². The quantitative estimate of drug-likeness (QED) is 0.458. The van der Waals surface area contributed by atoms with Crippen molar-refractivity contribution in [3.63, 3.8) is 0 Å². The lowest BCUT2D eigenvalue weighted by molar-refractivity contribution is -0.156. The Balaban J connectivity index is 2.64. The van der Waals surface area contributed by atoms with Crippen LogP contribution >= 0.6 is 0 Å². The van der Waals surface area contributed by atoms with Crippen LogP contribution in [0.15, 0.2) is 53.5 Å². The maximum Gasteiger partial charge on any atom is 0.342 e. The van der Waals surface area contributed by atoms with Crippen molar-refractivity contribution >= 4 is 17.7 Å². The summed E-state index contributed by atoms with van der Waals surface area (Å²) in [7, 11) is 0.